The van der Waals surface area contributed by atoms with Crippen LogP contribution in [0.3, 0.4) is 0 Å². The van der Waals surface area contributed by atoms with Crippen LogP contribution in [0.25, 0.3) is 0 Å². The Hall–Kier alpha value is -1.39. The van der Waals surface area contributed by atoms with Crippen molar-refractivity contribution in [3.05, 3.63) is 35.9 Å². The van der Waals surface area contributed by atoms with Gasteiger partial charge in [0.1, 0.15) is 5.41 Å². The molecule has 0 spiro atoms. The Morgan fingerprint density at radius 2 is 1.95 bits per heavy atom. The molecule has 0 radical (unpaired) electrons. The van der Waals surface area contributed by atoms with E-state index in [2.05, 4.69) is 4.90 Å². The summed E-state index contributed by atoms with van der Waals surface area (Å²) >= 11 is 0. The molecule has 0 amide bonds. The van der Waals surface area contributed by atoms with E-state index in [1.54, 1.807) is 6.92 Å². The van der Waals surface area contributed by atoms with Crippen LogP contribution in [0.5, 0.6) is 0 Å². The molecule has 112 valence electrons. The first-order chi connectivity index (χ1) is 9.54. The highest BCUT2D eigenvalue weighted by atomic mass is 16.5. The van der Waals surface area contributed by atoms with Crippen molar-refractivity contribution >= 4 is 5.97 Å². The van der Waals surface area contributed by atoms with Gasteiger partial charge >= 0.3 is 5.97 Å². The number of aliphatic carboxylic acids is 1. The fourth-order valence-electron chi connectivity index (χ4n) is 2.22. The van der Waals surface area contributed by atoms with Crippen molar-refractivity contribution in [2.45, 2.75) is 26.2 Å². The van der Waals surface area contributed by atoms with E-state index in [4.69, 9.17) is 4.74 Å². The van der Waals surface area contributed by atoms with E-state index in [1.165, 1.54) is 0 Å². The van der Waals surface area contributed by atoms with Gasteiger partial charge in [-0.1, -0.05) is 37.3 Å². The van der Waals surface area contributed by atoms with E-state index < -0.39 is 11.4 Å². The summed E-state index contributed by atoms with van der Waals surface area (Å²) in [5.41, 5.74) is -0.0638. The SMILES string of the molecule is CCOCCN(CC)CC(C)(C(=O)O)c1ccccc1. The molecule has 1 atom stereocenters. The van der Waals surface area contributed by atoms with Crippen molar-refractivity contribution in [3.63, 3.8) is 0 Å². The van der Waals surface area contributed by atoms with Gasteiger partial charge in [-0.15, -0.1) is 0 Å². The minimum atomic E-state index is -0.899. The summed E-state index contributed by atoms with van der Waals surface area (Å²) in [4.78, 5) is 13.9. The van der Waals surface area contributed by atoms with Crippen LogP contribution in [-0.4, -0.2) is 48.8 Å². The van der Waals surface area contributed by atoms with Crippen molar-refractivity contribution in [2.75, 3.05) is 32.8 Å². The highest BCUT2D eigenvalue weighted by Gasteiger charge is 2.36. The molecule has 0 aromatic heterocycles. The highest BCUT2D eigenvalue weighted by molar-refractivity contribution is 5.81. The minimum absolute atomic E-state index is 0.482. The largest absolute Gasteiger partial charge is 0.481 e. The van der Waals surface area contributed by atoms with Crippen LogP contribution in [-0.2, 0) is 14.9 Å². The Morgan fingerprint density at radius 3 is 2.45 bits per heavy atom. The van der Waals surface area contributed by atoms with Crippen molar-refractivity contribution in [1.29, 1.82) is 0 Å². The number of carboxylic acid groups (broad SMARTS) is 1. The number of carboxylic acids is 1. The molecule has 0 aliphatic carbocycles. The number of hydrogen-bond donors (Lipinski definition) is 1. The highest BCUT2D eigenvalue weighted by Crippen LogP contribution is 2.25. The first-order valence-corrected chi connectivity index (χ1v) is 7.13. The number of likely N-dealkylation sites (N-methyl/N-ethyl adjacent to an activating group) is 1. The average Bonchev–Trinajstić information content (AvgIpc) is 2.47. The predicted octanol–water partition coefficient (Wildman–Crippen LogP) is 2.39. The lowest BCUT2D eigenvalue weighted by Crippen LogP contribution is -2.45. The maximum Gasteiger partial charge on any atom is 0.315 e. The van der Waals surface area contributed by atoms with Crippen molar-refractivity contribution in [3.8, 4) is 0 Å². The number of ether oxygens (including phenoxy) is 1. The van der Waals surface area contributed by atoms with Gasteiger partial charge in [-0.25, -0.2) is 0 Å². The molecule has 4 heteroatoms. The summed E-state index contributed by atoms with van der Waals surface area (Å²) in [5, 5.41) is 9.64. The lowest BCUT2D eigenvalue weighted by molar-refractivity contribution is -0.144. The summed E-state index contributed by atoms with van der Waals surface area (Å²) < 4.78 is 5.36. The lowest BCUT2D eigenvalue weighted by Gasteiger charge is -2.32. The first-order valence-electron chi connectivity index (χ1n) is 7.13. The number of benzene rings is 1. The van der Waals surface area contributed by atoms with E-state index in [0.29, 0.717) is 19.8 Å². The summed E-state index contributed by atoms with van der Waals surface area (Å²) in [6.07, 6.45) is 0. The summed E-state index contributed by atoms with van der Waals surface area (Å²) in [5.74, 6) is -0.793. The van der Waals surface area contributed by atoms with Gasteiger partial charge in [-0.3, -0.25) is 9.69 Å². The lowest BCUT2D eigenvalue weighted by atomic mass is 9.82. The van der Waals surface area contributed by atoms with E-state index >= 15 is 0 Å². The number of carbonyl (C=O) groups is 1. The molecule has 0 saturated carbocycles. The van der Waals surface area contributed by atoms with Gasteiger partial charge in [0.2, 0.25) is 0 Å². The number of nitrogens with zero attached hydrogens (tertiary/aromatic N) is 1. The van der Waals surface area contributed by atoms with Gasteiger partial charge in [0.25, 0.3) is 0 Å². The third kappa shape index (κ3) is 4.32. The van der Waals surface area contributed by atoms with Gasteiger partial charge in [-0.2, -0.15) is 0 Å². The molecule has 0 heterocycles. The Bertz CT molecular complexity index is 407. The quantitative estimate of drug-likeness (QED) is 0.705. The fraction of sp³-hybridized carbons (Fsp3) is 0.562. The maximum absolute atomic E-state index is 11.7. The first kappa shape index (κ1) is 16.7. The van der Waals surface area contributed by atoms with Gasteiger partial charge < -0.3 is 9.84 Å². The summed E-state index contributed by atoms with van der Waals surface area (Å²) in [6.45, 7) is 9.15. The van der Waals surface area contributed by atoms with Crippen molar-refractivity contribution < 1.29 is 14.6 Å². The average molecular weight is 279 g/mol. The number of hydrogen-bond acceptors (Lipinski definition) is 3. The zero-order chi connectivity index (χ0) is 15.0. The molecule has 1 N–H and O–H groups in total. The molecule has 0 aliphatic heterocycles. The second kappa shape index (κ2) is 8.02. The van der Waals surface area contributed by atoms with Gasteiger partial charge in [0.15, 0.2) is 0 Å². The van der Waals surface area contributed by atoms with Crippen LogP contribution in [0.4, 0.5) is 0 Å². The second-order valence-corrected chi connectivity index (χ2v) is 5.07. The Morgan fingerprint density at radius 1 is 1.30 bits per heavy atom. The maximum atomic E-state index is 11.7. The van der Waals surface area contributed by atoms with Crippen molar-refractivity contribution in [1.82, 2.24) is 4.90 Å². The van der Waals surface area contributed by atoms with E-state index in [1.807, 2.05) is 44.2 Å². The van der Waals surface area contributed by atoms with Crippen molar-refractivity contribution in [2.24, 2.45) is 0 Å². The van der Waals surface area contributed by atoms with E-state index in [0.717, 1.165) is 18.7 Å². The molecule has 1 rings (SSSR count). The van der Waals surface area contributed by atoms with E-state index in [9.17, 15) is 9.90 Å². The third-order valence-electron chi connectivity index (χ3n) is 3.63. The Labute approximate surface area is 121 Å². The monoisotopic (exact) mass is 279 g/mol. The molecular weight excluding hydrogens is 254 g/mol. The van der Waals surface area contributed by atoms with Crippen LogP contribution in [0.2, 0.25) is 0 Å². The van der Waals surface area contributed by atoms with Gasteiger partial charge in [0.05, 0.1) is 6.61 Å². The zero-order valence-corrected chi connectivity index (χ0v) is 12.6. The Balaban J connectivity index is 2.83. The normalized spacial score (nSPS) is 14.2. The molecule has 20 heavy (non-hydrogen) atoms. The van der Waals surface area contributed by atoms with Crippen LogP contribution in [0.1, 0.15) is 26.3 Å². The second-order valence-electron chi connectivity index (χ2n) is 5.07. The van der Waals surface area contributed by atoms with Crippen LogP contribution in [0, 0.1) is 0 Å². The van der Waals surface area contributed by atoms with Crippen LogP contribution < -0.4 is 0 Å². The van der Waals surface area contributed by atoms with Gasteiger partial charge in [0, 0.05) is 19.7 Å². The van der Waals surface area contributed by atoms with Crippen LogP contribution in [0.15, 0.2) is 30.3 Å². The number of rotatable bonds is 9. The summed E-state index contributed by atoms with van der Waals surface area (Å²) in [7, 11) is 0. The molecule has 1 aromatic rings. The molecule has 0 bridgehead atoms. The van der Waals surface area contributed by atoms with E-state index in [-0.39, 0.29) is 0 Å². The molecule has 0 saturated heterocycles. The molecule has 0 fully saturated rings. The molecule has 1 aromatic carbocycles. The Kier molecular flexibility index (Phi) is 6.68. The predicted molar refractivity (Wildman–Crippen MR) is 80.0 cm³/mol. The molecule has 0 aliphatic rings. The third-order valence-corrected chi connectivity index (χ3v) is 3.63. The molecule has 1 unspecified atom stereocenters. The topological polar surface area (TPSA) is 49.8 Å². The fourth-order valence-corrected chi connectivity index (χ4v) is 2.22. The minimum Gasteiger partial charge on any atom is -0.481 e. The smallest absolute Gasteiger partial charge is 0.315 e. The molecular formula is C16H25NO3. The summed E-state index contributed by atoms with van der Waals surface area (Å²) in [6, 6.07) is 9.42. The zero-order valence-electron chi connectivity index (χ0n) is 12.6. The molecule has 4 nitrogen and oxygen atoms in total. The van der Waals surface area contributed by atoms with Gasteiger partial charge in [-0.05, 0) is 26.0 Å². The van der Waals surface area contributed by atoms with Crippen LogP contribution >= 0.6 is 0 Å². The standard InChI is InChI=1S/C16H25NO3/c1-4-17(11-12-20-5-2)13-16(3,15(18)19)14-9-7-6-8-10-14/h6-10H,4-5,11-13H2,1-3H3,(H,18,19).